The summed E-state index contributed by atoms with van der Waals surface area (Å²) < 4.78 is 5.15. The van der Waals surface area contributed by atoms with E-state index < -0.39 is 18.1 Å². The molecular formula is C13H24N2O4. The lowest BCUT2D eigenvalue weighted by Gasteiger charge is -2.35. The van der Waals surface area contributed by atoms with E-state index in [4.69, 9.17) is 15.6 Å². The molecule has 3 N–H and O–H groups in total. The first-order valence-electron chi connectivity index (χ1n) is 6.62. The third kappa shape index (κ3) is 5.06. The van der Waals surface area contributed by atoms with Gasteiger partial charge >= 0.3 is 12.1 Å². The molecule has 0 spiro atoms. The summed E-state index contributed by atoms with van der Waals surface area (Å²) in [6.45, 7) is 6.69. The van der Waals surface area contributed by atoms with E-state index in [1.54, 1.807) is 0 Å². The van der Waals surface area contributed by atoms with Crippen LogP contribution in [0, 0.1) is 5.41 Å². The van der Waals surface area contributed by atoms with Crippen LogP contribution in [0.1, 0.15) is 40.0 Å². The highest BCUT2D eigenvalue weighted by molar-refractivity contribution is 5.80. The predicted molar refractivity (Wildman–Crippen MR) is 70.8 cm³/mol. The summed E-state index contributed by atoms with van der Waals surface area (Å²) in [7, 11) is 0. The number of hydrogen-bond donors (Lipinski definition) is 2. The van der Waals surface area contributed by atoms with E-state index in [9.17, 15) is 9.59 Å². The van der Waals surface area contributed by atoms with Crippen molar-refractivity contribution in [2.24, 2.45) is 11.1 Å². The molecule has 1 aliphatic rings. The van der Waals surface area contributed by atoms with Crippen molar-refractivity contribution in [2.45, 2.75) is 52.1 Å². The van der Waals surface area contributed by atoms with Crippen molar-refractivity contribution in [1.29, 1.82) is 0 Å². The Balaban J connectivity index is 2.54. The fourth-order valence-electron chi connectivity index (χ4n) is 1.98. The zero-order chi connectivity index (χ0) is 14.6. The van der Waals surface area contributed by atoms with Crippen LogP contribution in [-0.2, 0) is 9.53 Å². The lowest BCUT2D eigenvalue weighted by atomic mass is 9.93. The summed E-state index contributed by atoms with van der Waals surface area (Å²) >= 11 is 0. The number of amides is 1. The first-order valence-corrected chi connectivity index (χ1v) is 6.62. The summed E-state index contributed by atoms with van der Waals surface area (Å²) in [4.78, 5) is 24.3. The molecule has 1 rings (SSSR count). The number of carbonyl (C=O) groups excluding carboxylic acids is 1. The van der Waals surface area contributed by atoms with Gasteiger partial charge in [0.05, 0.1) is 6.61 Å². The van der Waals surface area contributed by atoms with Crippen LogP contribution in [0.15, 0.2) is 0 Å². The number of likely N-dealkylation sites (tertiary alicyclic amines) is 1. The van der Waals surface area contributed by atoms with Gasteiger partial charge in [0.25, 0.3) is 0 Å². The zero-order valence-corrected chi connectivity index (χ0v) is 11.9. The lowest BCUT2D eigenvalue weighted by Crippen LogP contribution is -2.54. The van der Waals surface area contributed by atoms with Gasteiger partial charge in [-0.1, -0.05) is 20.8 Å². The number of carboxylic acids is 1. The molecule has 6 heteroatoms. The molecule has 0 aromatic rings. The van der Waals surface area contributed by atoms with Gasteiger partial charge < -0.3 is 15.6 Å². The highest BCUT2D eigenvalue weighted by Gasteiger charge is 2.35. The molecule has 0 saturated carbocycles. The predicted octanol–water partition coefficient (Wildman–Crippen LogP) is 1.44. The Labute approximate surface area is 113 Å². The standard InChI is InChI=1S/C13H24N2O4/c1-13(2,3)6-7-19-12(18)15-8-9(14)4-5-10(15)11(16)17/h9-10H,4-8,14H2,1-3H3,(H,16,17)/t9-,10+/m1/s1. The van der Waals surface area contributed by atoms with Gasteiger partial charge in [-0.15, -0.1) is 0 Å². The Morgan fingerprint density at radius 1 is 1.37 bits per heavy atom. The van der Waals surface area contributed by atoms with Crippen molar-refractivity contribution >= 4 is 12.1 Å². The first kappa shape index (κ1) is 15.8. The van der Waals surface area contributed by atoms with Crippen molar-refractivity contribution in [3.05, 3.63) is 0 Å². The number of hydrogen-bond acceptors (Lipinski definition) is 4. The first-order chi connectivity index (χ1) is 8.70. The number of carboxylic acid groups (broad SMARTS) is 1. The number of rotatable bonds is 3. The minimum atomic E-state index is -1.00. The monoisotopic (exact) mass is 272 g/mol. The second-order valence-electron chi connectivity index (χ2n) is 6.27. The quantitative estimate of drug-likeness (QED) is 0.810. The smallest absolute Gasteiger partial charge is 0.410 e. The van der Waals surface area contributed by atoms with Gasteiger partial charge in [0, 0.05) is 12.6 Å². The topological polar surface area (TPSA) is 92.9 Å². The van der Waals surface area contributed by atoms with Crippen molar-refractivity contribution in [2.75, 3.05) is 13.2 Å². The Kier molecular flexibility index (Phi) is 5.17. The van der Waals surface area contributed by atoms with Crippen molar-refractivity contribution in [3.8, 4) is 0 Å². The summed E-state index contributed by atoms with van der Waals surface area (Å²) in [5, 5.41) is 9.11. The fourth-order valence-corrected chi connectivity index (χ4v) is 1.98. The van der Waals surface area contributed by atoms with Gasteiger partial charge in [0.15, 0.2) is 0 Å². The summed E-state index contributed by atoms with van der Waals surface area (Å²) in [6, 6.07) is -0.993. The van der Waals surface area contributed by atoms with E-state index in [1.165, 1.54) is 4.90 Å². The largest absolute Gasteiger partial charge is 0.480 e. The maximum absolute atomic E-state index is 11.9. The average molecular weight is 272 g/mol. The van der Waals surface area contributed by atoms with Gasteiger partial charge in [-0.05, 0) is 24.7 Å². The molecule has 110 valence electrons. The number of ether oxygens (including phenoxy) is 1. The molecular weight excluding hydrogens is 248 g/mol. The Hall–Kier alpha value is -1.30. The van der Waals surface area contributed by atoms with Crippen LogP contribution >= 0.6 is 0 Å². The normalized spacial score (nSPS) is 24.1. The third-order valence-corrected chi connectivity index (χ3v) is 3.22. The fraction of sp³-hybridized carbons (Fsp3) is 0.846. The van der Waals surface area contributed by atoms with Gasteiger partial charge in [0.1, 0.15) is 6.04 Å². The minimum Gasteiger partial charge on any atom is -0.480 e. The highest BCUT2D eigenvalue weighted by Crippen LogP contribution is 2.20. The molecule has 6 nitrogen and oxygen atoms in total. The van der Waals surface area contributed by atoms with Gasteiger partial charge in [-0.25, -0.2) is 9.59 Å². The highest BCUT2D eigenvalue weighted by atomic mass is 16.6. The van der Waals surface area contributed by atoms with Crippen LogP contribution < -0.4 is 5.73 Å². The number of aliphatic carboxylic acids is 1. The molecule has 1 aliphatic heterocycles. The molecule has 0 aliphatic carbocycles. The maximum Gasteiger partial charge on any atom is 0.410 e. The molecule has 1 fully saturated rings. The second-order valence-corrected chi connectivity index (χ2v) is 6.27. The SMILES string of the molecule is CC(C)(C)CCOC(=O)N1C[C@H](N)CC[C@H]1C(=O)O. The molecule has 1 amide bonds. The van der Waals surface area contributed by atoms with E-state index in [1.807, 2.05) is 0 Å². The van der Waals surface area contributed by atoms with E-state index in [2.05, 4.69) is 20.8 Å². The molecule has 0 aromatic carbocycles. The molecule has 1 saturated heterocycles. The Morgan fingerprint density at radius 3 is 2.53 bits per heavy atom. The van der Waals surface area contributed by atoms with Gasteiger partial charge in [0.2, 0.25) is 0 Å². The van der Waals surface area contributed by atoms with Crippen molar-refractivity contribution < 1.29 is 19.4 Å². The summed E-state index contributed by atoms with van der Waals surface area (Å²) in [5.41, 5.74) is 5.86. The Bertz CT molecular complexity index is 338. The van der Waals surface area contributed by atoms with Crippen molar-refractivity contribution in [1.82, 2.24) is 4.90 Å². The summed E-state index contributed by atoms with van der Waals surface area (Å²) in [6.07, 6.45) is 1.15. The van der Waals surface area contributed by atoms with E-state index in [-0.39, 0.29) is 18.0 Å². The van der Waals surface area contributed by atoms with E-state index in [0.717, 1.165) is 6.42 Å². The van der Waals surface area contributed by atoms with Crippen LogP contribution in [-0.4, -0.2) is 47.3 Å². The second kappa shape index (κ2) is 6.23. The number of piperidine rings is 1. The Morgan fingerprint density at radius 2 is 2.00 bits per heavy atom. The number of carbonyl (C=O) groups is 2. The molecule has 1 heterocycles. The molecule has 0 aromatic heterocycles. The molecule has 0 bridgehead atoms. The average Bonchev–Trinajstić information content (AvgIpc) is 2.26. The van der Waals surface area contributed by atoms with Gasteiger partial charge in [-0.3, -0.25) is 4.90 Å². The number of nitrogens with two attached hydrogens (primary N) is 1. The summed E-state index contributed by atoms with van der Waals surface area (Å²) in [5.74, 6) is -1.00. The van der Waals surface area contributed by atoms with Crippen LogP contribution in [0.4, 0.5) is 4.79 Å². The third-order valence-electron chi connectivity index (χ3n) is 3.22. The molecule has 19 heavy (non-hydrogen) atoms. The molecule has 2 atom stereocenters. The molecule has 0 radical (unpaired) electrons. The number of nitrogens with zero attached hydrogens (tertiary/aromatic N) is 1. The zero-order valence-electron chi connectivity index (χ0n) is 11.9. The van der Waals surface area contributed by atoms with Crippen LogP contribution in [0.3, 0.4) is 0 Å². The van der Waals surface area contributed by atoms with Crippen LogP contribution in [0.2, 0.25) is 0 Å². The minimum absolute atomic E-state index is 0.0742. The van der Waals surface area contributed by atoms with E-state index in [0.29, 0.717) is 19.4 Å². The van der Waals surface area contributed by atoms with Crippen LogP contribution in [0.5, 0.6) is 0 Å². The maximum atomic E-state index is 11.9. The molecule has 0 unspecified atom stereocenters. The van der Waals surface area contributed by atoms with E-state index >= 15 is 0 Å². The van der Waals surface area contributed by atoms with Crippen LogP contribution in [0.25, 0.3) is 0 Å². The lowest BCUT2D eigenvalue weighted by molar-refractivity contribution is -0.144. The van der Waals surface area contributed by atoms with Gasteiger partial charge in [-0.2, -0.15) is 0 Å². The van der Waals surface area contributed by atoms with Crippen molar-refractivity contribution in [3.63, 3.8) is 0 Å².